The van der Waals surface area contributed by atoms with Gasteiger partial charge in [-0.3, -0.25) is 0 Å². The van der Waals surface area contributed by atoms with Crippen molar-refractivity contribution in [3.63, 3.8) is 0 Å². The van der Waals surface area contributed by atoms with Crippen LogP contribution in [0.3, 0.4) is 0 Å². The van der Waals surface area contributed by atoms with Gasteiger partial charge in [0.1, 0.15) is 11.5 Å². The Morgan fingerprint density at radius 1 is 0.733 bits per heavy atom. The van der Waals surface area contributed by atoms with Crippen molar-refractivity contribution < 1.29 is 9.84 Å². The summed E-state index contributed by atoms with van der Waals surface area (Å²) in [4.78, 5) is 0. The van der Waals surface area contributed by atoms with E-state index in [4.69, 9.17) is 4.74 Å². The second kappa shape index (κ2) is 7.36. The van der Waals surface area contributed by atoms with Crippen molar-refractivity contribution in [1.29, 1.82) is 0 Å². The van der Waals surface area contributed by atoms with Crippen LogP contribution < -0.4 is 4.74 Å². The van der Waals surface area contributed by atoms with Gasteiger partial charge in [-0.25, -0.2) is 0 Å². The molecule has 30 heavy (non-hydrogen) atoms. The Bertz CT molecular complexity index is 1210. The predicted molar refractivity (Wildman–Crippen MR) is 127 cm³/mol. The van der Waals surface area contributed by atoms with E-state index < -0.39 is 0 Å². The van der Waals surface area contributed by atoms with Crippen LogP contribution in [0.5, 0.6) is 11.5 Å². The zero-order chi connectivity index (χ0) is 21.5. The highest BCUT2D eigenvalue weighted by atomic mass is 16.5. The van der Waals surface area contributed by atoms with Crippen LogP contribution in [-0.2, 0) is 10.8 Å². The van der Waals surface area contributed by atoms with Crippen LogP contribution in [-0.4, -0.2) is 11.7 Å². The maximum Gasteiger partial charge on any atom is 0.120 e. The normalized spacial score (nSPS) is 12.4. The monoisotopic (exact) mass is 398 g/mol. The summed E-state index contributed by atoms with van der Waals surface area (Å²) < 4.78 is 6.36. The lowest BCUT2D eigenvalue weighted by atomic mass is 9.81. The van der Waals surface area contributed by atoms with Gasteiger partial charge in [0.2, 0.25) is 0 Å². The first-order valence-electron chi connectivity index (χ1n) is 10.5. The van der Waals surface area contributed by atoms with Crippen LogP contribution in [0.1, 0.15) is 45.7 Å². The van der Waals surface area contributed by atoms with Crippen LogP contribution in [0, 0.1) is 0 Å². The fourth-order valence-corrected chi connectivity index (χ4v) is 4.29. The Kier molecular flexibility index (Phi) is 4.97. The first-order valence-corrected chi connectivity index (χ1v) is 10.5. The minimum atomic E-state index is -0.363. The molecule has 0 saturated carbocycles. The van der Waals surface area contributed by atoms with Gasteiger partial charge < -0.3 is 9.84 Å². The lowest BCUT2D eigenvalue weighted by molar-refractivity contribution is 0.238. The molecule has 4 aromatic carbocycles. The third kappa shape index (κ3) is 3.75. The van der Waals surface area contributed by atoms with Gasteiger partial charge in [0.25, 0.3) is 0 Å². The third-order valence-corrected chi connectivity index (χ3v) is 5.83. The van der Waals surface area contributed by atoms with E-state index in [1.165, 1.54) is 16.3 Å². The number of fused-ring (bicyclic) bond motifs is 2. The topological polar surface area (TPSA) is 29.5 Å². The van der Waals surface area contributed by atoms with Crippen molar-refractivity contribution in [2.24, 2.45) is 0 Å². The zero-order valence-electron chi connectivity index (χ0n) is 18.5. The average molecular weight is 399 g/mol. The van der Waals surface area contributed by atoms with Crippen molar-refractivity contribution in [3.8, 4) is 11.5 Å². The molecule has 0 aliphatic heterocycles. The lowest BCUT2D eigenvalue weighted by Gasteiger charge is -2.28. The summed E-state index contributed by atoms with van der Waals surface area (Å²) in [7, 11) is 0. The van der Waals surface area contributed by atoms with E-state index in [1.54, 1.807) is 6.07 Å². The second-order valence-electron chi connectivity index (χ2n) is 9.80. The van der Waals surface area contributed by atoms with Gasteiger partial charge in [-0.05, 0) is 50.7 Å². The SMILES string of the molecule is CC(C)(C)c1cc(OCC(C)(C)c2c(O)ccc3ccccc23)cc2ccccc12. The van der Waals surface area contributed by atoms with Crippen LogP contribution in [0.2, 0.25) is 0 Å². The number of ether oxygens (including phenoxy) is 1. The van der Waals surface area contributed by atoms with Gasteiger partial charge in [-0.1, -0.05) is 89.2 Å². The van der Waals surface area contributed by atoms with Crippen molar-refractivity contribution in [3.05, 3.63) is 83.9 Å². The van der Waals surface area contributed by atoms with Gasteiger partial charge >= 0.3 is 0 Å². The minimum Gasteiger partial charge on any atom is -0.508 e. The molecule has 0 spiro atoms. The Morgan fingerprint density at radius 2 is 1.37 bits per heavy atom. The van der Waals surface area contributed by atoms with Gasteiger partial charge in [-0.2, -0.15) is 0 Å². The molecule has 0 heterocycles. The van der Waals surface area contributed by atoms with Crippen molar-refractivity contribution in [2.45, 2.75) is 45.4 Å². The maximum atomic E-state index is 10.7. The number of phenols is 1. The van der Waals surface area contributed by atoms with E-state index in [-0.39, 0.29) is 10.8 Å². The zero-order valence-corrected chi connectivity index (χ0v) is 18.5. The fourth-order valence-electron chi connectivity index (χ4n) is 4.29. The molecule has 0 bridgehead atoms. The van der Waals surface area contributed by atoms with E-state index in [9.17, 15) is 5.11 Å². The number of aromatic hydroxyl groups is 1. The van der Waals surface area contributed by atoms with Gasteiger partial charge in [-0.15, -0.1) is 0 Å². The molecule has 0 aliphatic carbocycles. The molecule has 4 aromatic rings. The highest BCUT2D eigenvalue weighted by molar-refractivity contribution is 5.89. The Hall–Kier alpha value is -3.00. The number of rotatable bonds is 4. The Balaban J connectivity index is 1.72. The molecule has 0 aromatic heterocycles. The van der Waals surface area contributed by atoms with E-state index >= 15 is 0 Å². The molecule has 0 aliphatic rings. The predicted octanol–water partition coefficient (Wildman–Crippen LogP) is 7.35. The van der Waals surface area contributed by atoms with Crippen molar-refractivity contribution >= 4 is 21.5 Å². The minimum absolute atomic E-state index is 0.0163. The Labute approximate surface area is 179 Å². The van der Waals surface area contributed by atoms with Gasteiger partial charge in [0, 0.05) is 11.0 Å². The van der Waals surface area contributed by atoms with E-state index in [2.05, 4.69) is 83.1 Å². The summed E-state index contributed by atoms with van der Waals surface area (Å²) in [5.41, 5.74) is 1.86. The lowest BCUT2D eigenvalue weighted by Crippen LogP contribution is -2.27. The molecule has 154 valence electrons. The molecular weight excluding hydrogens is 368 g/mol. The summed E-state index contributed by atoms with van der Waals surface area (Å²) in [6.45, 7) is 11.4. The molecule has 1 N–H and O–H groups in total. The van der Waals surface area contributed by atoms with Crippen molar-refractivity contribution in [2.75, 3.05) is 6.61 Å². The summed E-state index contributed by atoms with van der Waals surface area (Å²) in [6.07, 6.45) is 0. The van der Waals surface area contributed by atoms with Crippen LogP contribution in [0.4, 0.5) is 0 Å². The first-order chi connectivity index (χ1) is 14.2. The highest BCUT2D eigenvalue weighted by Crippen LogP contribution is 2.39. The number of hydrogen-bond acceptors (Lipinski definition) is 2. The number of benzene rings is 4. The van der Waals surface area contributed by atoms with E-state index in [0.29, 0.717) is 12.4 Å². The van der Waals surface area contributed by atoms with E-state index in [0.717, 1.165) is 22.1 Å². The first kappa shape index (κ1) is 20.3. The van der Waals surface area contributed by atoms with Crippen LogP contribution in [0.25, 0.3) is 21.5 Å². The van der Waals surface area contributed by atoms with Crippen molar-refractivity contribution in [1.82, 2.24) is 0 Å². The van der Waals surface area contributed by atoms with Crippen LogP contribution in [0.15, 0.2) is 72.8 Å². The largest absolute Gasteiger partial charge is 0.508 e. The summed E-state index contributed by atoms with van der Waals surface area (Å²) >= 11 is 0. The van der Waals surface area contributed by atoms with E-state index in [1.807, 2.05) is 18.2 Å². The molecule has 0 saturated heterocycles. The molecule has 2 heteroatoms. The highest BCUT2D eigenvalue weighted by Gasteiger charge is 2.28. The molecular formula is C28H30O2. The van der Waals surface area contributed by atoms with Gasteiger partial charge in [0.05, 0.1) is 6.61 Å². The fraction of sp³-hybridized carbons (Fsp3) is 0.286. The molecule has 4 rings (SSSR count). The summed E-state index contributed by atoms with van der Waals surface area (Å²) in [5, 5.41) is 15.3. The summed E-state index contributed by atoms with van der Waals surface area (Å²) in [5.74, 6) is 1.18. The number of hydrogen-bond donors (Lipinski definition) is 1. The summed E-state index contributed by atoms with van der Waals surface area (Å²) in [6, 6.07) is 24.7. The second-order valence-corrected chi connectivity index (χ2v) is 9.80. The number of phenolic OH excluding ortho intramolecular Hbond substituents is 1. The molecule has 0 atom stereocenters. The molecule has 2 nitrogen and oxygen atoms in total. The molecule has 0 radical (unpaired) electrons. The molecule has 0 amide bonds. The maximum absolute atomic E-state index is 10.7. The average Bonchev–Trinajstić information content (AvgIpc) is 2.70. The Morgan fingerprint density at radius 3 is 2.07 bits per heavy atom. The smallest absolute Gasteiger partial charge is 0.120 e. The molecule has 0 unspecified atom stereocenters. The third-order valence-electron chi connectivity index (χ3n) is 5.83. The standard InChI is InChI=1S/C28H30O2/c1-27(2,3)24-17-21(16-20-11-7-8-12-22(20)24)30-18-28(4,5)26-23-13-9-6-10-19(23)14-15-25(26)29/h6-17,29H,18H2,1-5H3. The van der Waals surface area contributed by atoms with Crippen LogP contribution >= 0.6 is 0 Å². The van der Waals surface area contributed by atoms with Gasteiger partial charge in [0.15, 0.2) is 0 Å². The quantitative estimate of drug-likeness (QED) is 0.389. The molecule has 0 fully saturated rings.